The maximum absolute atomic E-state index is 11.8. The second kappa shape index (κ2) is 5.43. The lowest BCUT2D eigenvalue weighted by Gasteiger charge is -2.18. The second-order valence-corrected chi connectivity index (χ2v) is 3.61. The molecule has 0 saturated heterocycles. The second-order valence-electron chi connectivity index (χ2n) is 3.61. The number of carbonyl (C=O) groups is 1. The highest BCUT2D eigenvalue weighted by molar-refractivity contribution is 5.92. The highest BCUT2D eigenvalue weighted by Crippen LogP contribution is 2.06. The molecule has 1 amide bonds. The van der Waals surface area contributed by atoms with Gasteiger partial charge in [-0.1, -0.05) is 0 Å². The highest BCUT2D eigenvalue weighted by Gasteiger charge is 2.14. The third-order valence-corrected chi connectivity index (χ3v) is 2.03. The first-order chi connectivity index (χ1) is 7.54. The van der Waals surface area contributed by atoms with E-state index in [1.54, 1.807) is 26.1 Å². The molecule has 0 aliphatic carbocycles. The molecule has 0 fully saturated rings. The number of pyridine rings is 1. The Kier molecular flexibility index (Phi) is 4.21. The first-order valence-corrected chi connectivity index (χ1v) is 4.90. The van der Waals surface area contributed by atoms with Gasteiger partial charge in [0.25, 0.3) is 5.91 Å². The molecule has 6 nitrogen and oxygen atoms in total. The minimum atomic E-state index is -0.557. The number of hydrazine groups is 1. The number of amides is 1. The summed E-state index contributed by atoms with van der Waals surface area (Å²) in [6.45, 7) is 1.90. The van der Waals surface area contributed by atoms with Gasteiger partial charge in [-0.2, -0.15) is 0 Å². The lowest BCUT2D eigenvalue weighted by atomic mass is 10.3. The van der Waals surface area contributed by atoms with Gasteiger partial charge in [0.05, 0.1) is 18.0 Å². The Morgan fingerprint density at radius 3 is 2.81 bits per heavy atom. The van der Waals surface area contributed by atoms with Gasteiger partial charge in [-0.25, -0.2) is 4.98 Å². The summed E-state index contributed by atoms with van der Waals surface area (Å²) in [6, 6.07) is 3.24. The molecule has 0 aliphatic heterocycles. The largest absolute Gasteiger partial charge is 0.392 e. The van der Waals surface area contributed by atoms with E-state index >= 15 is 0 Å². The van der Waals surface area contributed by atoms with Crippen molar-refractivity contribution in [3.63, 3.8) is 0 Å². The molecule has 1 atom stereocenters. The van der Waals surface area contributed by atoms with Gasteiger partial charge in [0.1, 0.15) is 5.69 Å². The fourth-order valence-corrected chi connectivity index (χ4v) is 1.28. The molecule has 0 saturated carbocycles. The summed E-state index contributed by atoms with van der Waals surface area (Å²) >= 11 is 0. The summed E-state index contributed by atoms with van der Waals surface area (Å²) in [5.41, 5.74) is 3.38. The van der Waals surface area contributed by atoms with Crippen LogP contribution >= 0.6 is 0 Å². The number of rotatable bonds is 4. The number of nitrogens with one attached hydrogen (secondary N) is 1. The molecular weight excluding hydrogens is 208 g/mol. The zero-order valence-corrected chi connectivity index (χ0v) is 9.34. The van der Waals surface area contributed by atoms with Crippen LogP contribution in [0.25, 0.3) is 0 Å². The summed E-state index contributed by atoms with van der Waals surface area (Å²) in [5.74, 6) is 4.95. The van der Waals surface area contributed by atoms with Crippen molar-refractivity contribution in [1.82, 2.24) is 9.88 Å². The minimum Gasteiger partial charge on any atom is -0.392 e. The molecule has 1 aromatic heterocycles. The Labute approximate surface area is 94.1 Å². The normalized spacial score (nSPS) is 12.0. The summed E-state index contributed by atoms with van der Waals surface area (Å²) in [4.78, 5) is 17.2. The van der Waals surface area contributed by atoms with Crippen LogP contribution in [0.2, 0.25) is 0 Å². The fourth-order valence-electron chi connectivity index (χ4n) is 1.28. The van der Waals surface area contributed by atoms with E-state index in [1.807, 2.05) is 0 Å². The SMILES string of the molecule is CC(O)CN(C)C(=O)c1ccc(NN)cn1. The molecule has 1 aromatic rings. The number of aliphatic hydroxyl groups is 1. The van der Waals surface area contributed by atoms with Crippen molar-refractivity contribution in [2.45, 2.75) is 13.0 Å². The molecule has 0 spiro atoms. The van der Waals surface area contributed by atoms with Crippen LogP contribution in [-0.2, 0) is 0 Å². The van der Waals surface area contributed by atoms with Crippen LogP contribution in [0.5, 0.6) is 0 Å². The van der Waals surface area contributed by atoms with Crippen LogP contribution in [0.1, 0.15) is 17.4 Å². The lowest BCUT2D eigenvalue weighted by molar-refractivity contribution is 0.0698. The zero-order chi connectivity index (χ0) is 12.1. The van der Waals surface area contributed by atoms with Crippen molar-refractivity contribution in [3.8, 4) is 0 Å². The monoisotopic (exact) mass is 224 g/mol. The van der Waals surface area contributed by atoms with Crippen LogP contribution in [0.15, 0.2) is 18.3 Å². The minimum absolute atomic E-state index is 0.232. The van der Waals surface area contributed by atoms with Gasteiger partial charge in [-0.15, -0.1) is 0 Å². The van der Waals surface area contributed by atoms with Crippen molar-refractivity contribution in [3.05, 3.63) is 24.0 Å². The number of anilines is 1. The van der Waals surface area contributed by atoms with Crippen LogP contribution in [0.4, 0.5) is 5.69 Å². The molecule has 88 valence electrons. The quantitative estimate of drug-likeness (QED) is 0.487. The number of aliphatic hydroxyl groups excluding tert-OH is 1. The predicted molar refractivity (Wildman–Crippen MR) is 60.7 cm³/mol. The summed E-state index contributed by atoms with van der Waals surface area (Å²) in [7, 11) is 1.62. The third kappa shape index (κ3) is 3.18. The number of nitrogens with two attached hydrogens (primary N) is 1. The number of carbonyl (C=O) groups excluding carboxylic acids is 1. The highest BCUT2D eigenvalue weighted by atomic mass is 16.3. The molecule has 0 radical (unpaired) electrons. The van der Waals surface area contributed by atoms with Crippen molar-refractivity contribution in [2.75, 3.05) is 19.0 Å². The lowest BCUT2D eigenvalue weighted by Crippen LogP contribution is -2.33. The molecule has 6 heteroatoms. The van der Waals surface area contributed by atoms with Gasteiger partial charge >= 0.3 is 0 Å². The van der Waals surface area contributed by atoms with E-state index in [0.29, 0.717) is 11.4 Å². The smallest absolute Gasteiger partial charge is 0.272 e. The Balaban J connectivity index is 2.72. The molecule has 1 unspecified atom stereocenters. The number of hydrogen-bond donors (Lipinski definition) is 3. The average molecular weight is 224 g/mol. The van der Waals surface area contributed by atoms with E-state index in [-0.39, 0.29) is 12.5 Å². The third-order valence-electron chi connectivity index (χ3n) is 2.03. The van der Waals surface area contributed by atoms with E-state index in [4.69, 9.17) is 10.9 Å². The predicted octanol–water partition coefficient (Wildman–Crippen LogP) is -0.180. The van der Waals surface area contributed by atoms with E-state index in [0.717, 1.165) is 0 Å². The van der Waals surface area contributed by atoms with Crippen LogP contribution in [0, 0.1) is 0 Å². The zero-order valence-electron chi connectivity index (χ0n) is 9.34. The first-order valence-electron chi connectivity index (χ1n) is 4.90. The molecule has 0 aliphatic rings. The van der Waals surface area contributed by atoms with Crippen molar-refractivity contribution in [1.29, 1.82) is 0 Å². The molecule has 1 heterocycles. The average Bonchev–Trinajstić information content (AvgIpc) is 2.27. The number of nitrogens with zero attached hydrogens (tertiary/aromatic N) is 2. The van der Waals surface area contributed by atoms with E-state index < -0.39 is 6.10 Å². The number of hydrogen-bond acceptors (Lipinski definition) is 5. The molecule has 4 N–H and O–H groups in total. The Bertz CT molecular complexity index is 350. The maximum atomic E-state index is 11.8. The maximum Gasteiger partial charge on any atom is 0.272 e. The van der Waals surface area contributed by atoms with Gasteiger partial charge in [-0.05, 0) is 19.1 Å². The van der Waals surface area contributed by atoms with Crippen molar-refractivity contribution < 1.29 is 9.90 Å². The number of aromatic nitrogens is 1. The Hall–Kier alpha value is -1.66. The molecule has 16 heavy (non-hydrogen) atoms. The van der Waals surface area contributed by atoms with E-state index in [1.165, 1.54) is 11.1 Å². The van der Waals surface area contributed by atoms with Crippen LogP contribution in [0.3, 0.4) is 0 Å². The molecule has 0 bridgehead atoms. The van der Waals surface area contributed by atoms with Gasteiger partial charge in [0.2, 0.25) is 0 Å². The summed E-state index contributed by atoms with van der Waals surface area (Å²) in [6.07, 6.45) is 0.919. The van der Waals surface area contributed by atoms with Gasteiger partial charge < -0.3 is 15.4 Å². The molecule has 0 aromatic carbocycles. The standard InChI is InChI=1S/C10H16N4O2/c1-7(15)6-14(2)10(16)9-4-3-8(13-11)5-12-9/h3-5,7,13,15H,6,11H2,1-2H3. The van der Waals surface area contributed by atoms with Gasteiger partial charge in [0, 0.05) is 13.6 Å². The Morgan fingerprint density at radius 2 is 2.38 bits per heavy atom. The topological polar surface area (TPSA) is 91.5 Å². The Morgan fingerprint density at radius 1 is 1.69 bits per heavy atom. The van der Waals surface area contributed by atoms with Crippen LogP contribution < -0.4 is 11.3 Å². The summed E-state index contributed by atoms with van der Waals surface area (Å²) in [5, 5.41) is 9.16. The number of likely N-dealkylation sites (N-methyl/N-ethyl adjacent to an activating group) is 1. The van der Waals surface area contributed by atoms with E-state index in [9.17, 15) is 4.79 Å². The molecular formula is C10H16N4O2. The van der Waals surface area contributed by atoms with E-state index in [2.05, 4.69) is 10.4 Å². The van der Waals surface area contributed by atoms with Crippen molar-refractivity contribution >= 4 is 11.6 Å². The van der Waals surface area contributed by atoms with Gasteiger partial charge in [0.15, 0.2) is 0 Å². The first kappa shape index (κ1) is 12.4. The van der Waals surface area contributed by atoms with Gasteiger partial charge in [-0.3, -0.25) is 10.6 Å². The van der Waals surface area contributed by atoms with Crippen LogP contribution in [-0.4, -0.2) is 40.6 Å². The molecule has 1 rings (SSSR count). The fraction of sp³-hybridized carbons (Fsp3) is 0.400. The van der Waals surface area contributed by atoms with Crippen molar-refractivity contribution in [2.24, 2.45) is 5.84 Å². The summed E-state index contributed by atoms with van der Waals surface area (Å²) < 4.78 is 0. The number of nitrogen functional groups attached to an aromatic ring is 1.